The summed E-state index contributed by atoms with van der Waals surface area (Å²) >= 11 is 0. The summed E-state index contributed by atoms with van der Waals surface area (Å²) < 4.78 is 11.7. The van der Waals surface area contributed by atoms with E-state index in [1.165, 1.54) is 71.6 Å². The highest BCUT2D eigenvalue weighted by atomic mass is 16.3. The number of hydrogen-bond acceptors (Lipinski definition) is 1. The maximum Gasteiger partial charge on any atom is 0.138 e. The topological polar surface area (TPSA) is 23.0 Å². The van der Waals surface area contributed by atoms with E-state index in [2.05, 4.69) is 149 Å². The molecule has 3 nitrogen and oxygen atoms in total. The van der Waals surface area contributed by atoms with Crippen LogP contribution >= 0.6 is 0 Å². The predicted octanol–water partition coefficient (Wildman–Crippen LogP) is 10.7. The summed E-state index contributed by atoms with van der Waals surface area (Å²) in [5, 5.41) is 5.19. The van der Waals surface area contributed by atoms with Gasteiger partial charge in [-0.25, -0.2) is 0 Å². The summed E-state index contributed by atoms with van der Waals surface area (Å²) in [6.07, 6.45) is 9.88. The monoisotopic (exact) mass is 578 g/mol. The molecule has 0 radical (unpaired) electrons. The van der Waals surface area contributed by atoms with Crippen molar-refractivity contribution in [2.24, 2.45) is 0 Å². The molecular weight excluding hydrogens is 548 g/mol. The Hall–Kier alpha value is -5.54. The zero-order chi connectivity index (χ0) is 29.5. The van der Waals surface area contributed by atoms with E-state index in [0.29, 0.717) is 0 Å². The molecule has 0 fully saturated rings. The highest BCUT2D eigenvalue weighted by Gasteiger charge is 2.30. The van der Waals surface area contributed by atoms with E-state index in [1.54, 1.807) is 0 Å². The fourth-order valence-electron chi connectivity index (χ4n) is 8.04. The van der Waals surface area contributed by atoms with Crippen molar-refractivity contribution in [1.29, 1.82) is 0 Å². The van der Waals surface area contributed by atoms with E-state index in [0.717, 1.165) is 30.8 Å². The van der Waals surface area contributed by atoms with Gasteiger partial charge in [0.2, 0.25) is 0 Å². The van der Waals surface area contributed by atoms with Crippen molar-refractivity contribution >= 4 is 55.3 Å². The summed E-state index contributed by atoms with van der Waals surface area (Å²) in [4.78, 5) is 0. The van der Waals surface area contributed by atoms with Gasteiger partial charge in [0.05, 0.1) is 17.1 Å². The lowest BCUT2D eigenvalue weighted by atomic mass is 9.87. The molecule has 0 N–H and O–H groups in total. The van der Waals surface area contributed by atoms with Crippen LogP contribution in [0, 0.1) is 0 Å². The number of para-hydroxylation sites is 4. The highest BCUT2D eigenvalue weighted by Crippen LogP contribution is 2.43. The second kappa shape index (κ2) is 9.48. The van der Waals surface area contributed by atoms with Crippen molar-refractivity contribution in [3.05, 3.63) is 162 Å². The summed E-state index contributed by atoms with van der Waals surface area (Å²) in [6.45, 7) is 0. The third-order valence-corrected chi connectivity index (χ3v) is 9.96. The number of hydrogen-bond donors (Lipinski definition) is 0. The number of rotatable bonds is 3. The van der Waals surface area contributed by atoms with Crippen molar-refractivity contribution in [1.82, 2.24) is 9.13 Å². The van der Waals surface area contributed by atoms with Gasteiger partial charge in [-0.15, -0.1) is 0 Å². The van der Waals surface area contributed by atoms with Gasteiger partial charge in [0, 0.05) is 61.4 Å². The van der Waals surface area contributed by atoms with Crippen LogP contribution in [0.25, 0.3) is 60.9 Å². The number of fused-ring (bicyclic) bond motifs is 9. The molecule has 1 atom stereocenters. The average molecular weight is 579 g/mol. The van der Waals surface area contributed by atoms with Gasteiger partial charge in [0.15, 0.2) is 0 Å². The summed E-state index contributed by atoms with van der Waals surface area (Å²) in [6, 6.07) is 44.2. The van der Waals surface area contributed by atoms with E-state index in [4.69, 9.17) is 4.42 Å². The van der Waals surface area contributed by atoms with Gasteiger partial charge in [-0.05, 0) is 60.9 Å². The van der Waals surface area contributed by atoms with Crippen molar-refractivity contribution in [3.8, 4) is 5.69 Å². The maximum atomic E-state index is 6.74. The number of furan rings is 1. The molecule has 45 heavy (non-hydrogen) atoms. The van der Waals surface area contributed by atoms with Crippen LogP contribution in [0.1, 0.15) is 40.7 Å². The Kier molecular flexibility index (Phi) is 5.23. The molecule has 2 aliphatic carbocycles. The van der Waals surface area contributed by atoms with Gasteiger partial charge in [0.1, 0.15) is 11.5 Å². The van der Waals surface area contributed by atoms with Crippen molar-refractivity contribution in [2.45, 2.75) is 25.3 Å². The molecule has 10 rings (SSSR count). The minimum Gasteiger partial charge on any atom is -0.456 e. The molecule has 214 valence electrons. The van der Waals surface area contributed by atoms with Crippen LogP contribution in [-0.4, -0.2) is 9.13 Å². The molecular formula is C42H30N2O. The number of nitrogens with zero attached hydrogens (tertiary/aromatic N) is 2. The molecule has 0 saturated carbocycles. The van der Waals surface area contributed by atoms with Gasteiger partial charge in [-0.3, -0.25) is 0 Å². The van der Waals surface area contributed by atoms with E-state index < -0.39 is 0 Å². The van der Waals surface area contributed by atoms with E-state index in [9.17, 15) is 0 Å². The van der Waals surface area contributed by atoms with Gasteiger partial charge < -0.3 is 13.6 Å². The lowest BCUT2D eigenvalue weighted by Crippen LogP contribution is -2.13. The third-order valence-electron chi connectivity index (χ3n) is 9.96. The molecule has 2 aliphatic rings. The van der Waals surface area contributed by atoms with Gasteiger partial charge in [0.25, 0.3) is 0 Å². The third kappa shape index (κ3) is 3.58. The Morgan fingerprint density at radius 2 is 1.20 bits per heavy atom. The molecule has 0 amide bonds. The molecule has 0 spiro atoms. The van der Waals surface area contributed by atoms with Crippen molar-refractivity contribution in [3.63, 3.8) is 0 Å². The average Bonchev–Trinajstić information content (AvgIpc) is 3.76. The fraction of sp³-hybridized carbons (Fsp3) is 0.0952. The summed E-state index contributed by atoms with van der Waals surface area (Å²) in [5.74, 6) is 2.06. The standard InChI is InChI=1S/C42H30N2O/c1-5-19-37-31(13-1)32-14-2-6-20-38(32)43(37)28-12-9-11-27(25-28)30-17-10-18-35-36-26-29(23-24-41(36)45-42(30)35)44-39-21-7-3-15-33(39)34-16-4-8-22-40(34)44/h1-9,11-17,19-25,29H,10,18,26H2. The molecule has 1 unspecified atom stereocenters. The molecule has 8 aromatic rings. The predicted molar refractivity (Wildman–Crippen MR) is 186 cm³/mol. The second-order valence-corrected chi connectivity index (χ2v) is 12.4. The van der Waals surface area contributed by atoms with Crippen LogP contribution in [0.4, 0.5) is 0 Å². The largest absolute Gasteiger partial charge is 0.456 e. The first kappa shape index (κ1) is 24.9. The zero-order valence-electron chi connectivity index (χ0n) is 24.8. The molecule has 0 saturated heterocycles. The Labute approximate surface area is 260 Å². The van der Waals surface area contributed by atoms with Crippen molar-refractivity contribution in [2.75, 3.05) is 0 Å². The summed E-state index contributed by atoms with van der Waals surface area (Å²) in [7, 11) is 0. The molecule has 5 aromatic carbocycles. The number of allylic oxidation sites excluding steroid dienone is 2. The quantitative estimate of drug-likeness (QED) is 0.204. The van der Waals surface area contributed by atoms with Crippen LogP contribution in [0.15, 0.2) is 138 Å². The Bertz CT molecular complexity index is 2430. The molecule has 3 heterocycles. The van der Waals surface area contributed by atoms with Crippen LogP contribution in [0.5, 0.6) is 0 Å². The molecule has 0 aliphatic heterocycles. The highest BCUT2D eigenvalue weighted by molar-refractivity contribution is 6.09. The first-order chi connectivity index (χ1) is 22.3. The molecule has 3 aromatic heterocycles. The zero-order valence-corrected chi connectivity index (χ0v) is 24.8. The van der Waals surface area contributed by atoms with Gasteiger partial charge in [-0.2, -0.15) is 0 Å². The molecule has 0 bridgehead atoms. The maximum absolute atomic E-state index is 6.74. The van der Waals surface area contributed by atoms with Crippen LogP contribution in [0.3, 0.4) is 0 Å². The second-order valence-electron chi connectivity index (χ2n) is 12.4. The smallest absolute Gasteiger partial charge is 0.138 e. The van der Waals surface area contributed by atoms with Crippen molar-refractivity contribution < 1.29 is 4.42 Å². The van der Waals surface area contributed by atoms with Crippen LogP contribution < -0.4 is 0 Å². The first-order valence-corrected chi connectivity index (χ1v) is 15.9. The lowest BCUT2D eigenvalue weighted by Gasteiger charge is -2.22. The fourth-order valence-corrected chi connectivity index (χ4v) is 8.04. The minimum absolute atomic E-state index is 0.233. The van der Waals surface area contributed by atoms with E-state index in [1.807, 2.05) is 0 Å². The number of aromatic nitrogens is 2. The Morgan fingerprint density at radius 1 is 0.600 bits per heavy atom. The van der Waals surface area contributed by atoms with Crippen LogP contribution in [0.2, 0.25) is 0 Å². The van der Waals surface area contributed by atoms with Gasteiger partial charge in [-0.1, -0.05) is 97.1 Å². The molecule has 3 heteroatoms. The Balaban J connectivity index is 1.07. The SMILES string of the molecule is C1=CC(n2c3ccccc3c3ccccc32)Cc2c1oc1c2CCC=C1c1cccc(-n2c3ccccc3c3ccccc32)c1. The normalized spacial score (nSPS) is 16.0. The summed E-state index contributed by atoms with van der Waals surface area (Å²) in [5.41, 5.74) is 11.3. The van der Waals surface area contributed by atoms with E-state index >= 15 is 0 Å². The minimum atomic E-state index is 0.233. The lowest BCUT2D eigenvalue weighted by molar-refractivity contribution is 0.527. The Morgan fingerprint density at radius 3 is 1.87 bits per heavy atom. The van der Waals surface area contributed by atoms with Crippen LogP contribution in [-0.2, 0) is 12.8 Å². The van der Waals surface area contributed by atoms with Gasteiger partial charge >= 0.3 is 0 Å². The number of benzene rings is 5. The van der Waals surface area contributed by atoms with E-state index in [-0.39, 0.29) is 6.04 Å². The first-order valence-electron chi connectivity index (χ1n) is 15.9.